The number of ether oxygens (including phenoxy) is 1. The summed E-state index contributed by atoms with van der Waals surface area (Å²) in [6, 6.07) is 28.4. The van der Waals surface area contributed by atoms with Gasteiger partial charge in [-0.3, -0.25) is 9.78 Å². The molecule has 0 aliphatic carbocycles. The topological polar surface area (TPSA) is 64.1 Å². The van der Waals surface area contributed by atoms with E-state index in [2.05, 4.69) is 34.6 Å². The van der Waals surface area contributed by atoms with Crippen LogP contribution in [0.4, 0.5) is 5.13 Å². The number of anilines is 1. The van der Waals surface area contributed by atoms with Crippen molar-refractivity contribution >= 4 is 22.4 Å². The predicted molar refractivity (Wildman–Crippen MR) is 154 cm³/mol. The molecule has 2 aromatic heterocycles. The monoisotopic (exact) mass is 519 g/mol. The van der Waals surface area contributed by atoms with Crippen molar-refractivity contribution in [3.63, 3.8) is 0 Å². The summed E-state index contributed by atoms with van der Waals surface area (Å²) < 4.78 is 6.15. The molecule has 0 atom stereocenters. The number of aromatic nitrogens is 2. The molecule has 6 rings (SSSR count). The fraction of sp³-hybridized carbons (Fsp3) is 0.156. The third-order valence-corrected chi connectivity index (χ3v) is 7.92. The van der Waals surface area contributed by atoms with E-state index < -0.39 is 5.41 Å². The Balaban J connectivity index is 0.00000308. The molecular weight excluding hydrogens is 490 g/mol. The van der Waals surface area contributed by atoms with Crippen LogP contribution < -0.4 is 10.1 Å². The van der Waals surface area contributed by atoms with E-state index in [1.54, 1.807) is 12.4 Å². The van der Waals surface area contributed by atoms with Crippen LogP contribution in [0.15, 0.2) is 103 Å². The molecule has 0 fully saturated rings. The normalized spacial score (nSPS) is 12.8. The van der Waals surface area contributed by atoms with Crippen LogP contribution >= 0.6 is 11.3 Å². The Kier molecular flexibility index (Phi) is 6.26. The van der Waals surface area contributed by atoms with E-state index in [0.29, 0.717) is 11.6 Å². The zero-order chi connectivity index (χ0) is 26.1. The van der Waals surface area contributed by atoms with E-state index in [-0.39, 0.29) is 13.3 Å². The number of carbonyl (C=O) groups is 1. The Hall–Kier alpha value is -4.29. The van der Waals surface area contributed by atoms with Crippen LogP contribution in [0.1, 0.15) is 43.6 Å². The summed E-state index contributed by atoms with van der Waals surface area (Å²) in [5, 5.41) is 5.72. The fourth-order valence-electron chi connectivity index (χ4n) is 5.09. The summed E-state index contributed by atoms with van der Waals surface area (Å²) in [4.78, 5) is 22.5. The first kappa shape index (κ1) is 24.1. The van der Waals surface area contributed by atoms with Gasteiger partial charge in [0.05, 0.1) is 11.1 Å². The van der Waals surface area contributed by atoms with Gasteiger partial charge in [0.25, 0.3) is 0 Å². The maximum Gasteiger partial charge on any atom is 0.232 e. The Morgan fingerprint density at radius 2 is 1.50 bits per heavy atom. The quantitative estimate of drug-likeness (QED) is 0.247. The summed E-state index contributed by atoms with van der Waals surface area (Å²) in [5.41, 5.74) is 5.68. The van der Waals surface area contributed by atoms with Crippen molar-refractivity contribution in [1.82, 2.24) is 9.97 Å². The molecule has 190 valence electrons. The minimum atomic E-state index is -0.745. The molecule has 0 saturated carbocycles. The van der Waals surface area contributed by atoms with Gasteiger partial charge in [0.2, 0.25) is 5.91 Å². The largest absolute Gasteiger partial charge is 0.457 e. The molecule has 1 aliphatic heterocycles. The molecule has 3 aromatic carbocycles. The standard InChI is InChI=1S/C32H27N3O2S.H2/c1-32(2,29-25-7-3-5-9-27(25)37-28-10-6-4-8-26(28)29)30(36)35-31-34-24(20-38-31)19-21-11-13-22(14-12-21)23-15-17-33-18-16-23;/h3-18,20,29H,19H2,1-2H3,(H,34,35,36);1H. The third kappa shape index (κ3) is 4.59. The van der Waals surface area contributed by atoms with Crippen molar-refractivity contribution < 1.29 is 11.0 Å². The van der Waals surface area contributed by atoms with Crippen LogP contribution in [0.2, 0.25) is 0 Å². The molecule has 3 heterocycles. The summed E-state index contributed by atoms with van der Waals surface area (Å²) in [7, 11) is 0. The van der Waals surface area contributed by atoms with E-state index in [1.165, 1.54) is 16.9 Å². The van der Waals surface area contributed by atoms with Crippen molar-refractivity contribution in [2.24, 2.45) is 5.41 Å². The van der Waals surface area contributed by atoms with Crippen molar-refractivity contribution in [2.45, 2.75) is 26.2 Å². The molecule has 0 saturated heterocycles. The Labute approximate surface area is 227 Å². The van der Waals surface area contributed by atoms with E-state index >= 15 is 0 Å². The minimum Gasteiger partial charge on any atom is -0.457 e. The van der Waals surface area contributed by atoms with Crippen LogP contribution in [0.3, 0.4) is 0 Å². The van der Waals surface area contributed by atoms with Gasteiger partial charge in [-0.2, -0.15) is 0 Å². The molecule has 0 bridgehead atoms. The van der Waals surface area contributed by atoms with Gasteiger partial charge >= 0.3 is 0 Å². The third-order valence-electron chi connectivity index (χ3n) is 7.11. The number of nitrogens with one attached hydrogen (secondary N) is 1. The minimum absolute atomic E-state index is 0. The number of carbonyl (C=O) groups excluding carboxylic acids is 1. The van der Waals surface area contributed by atoms with Crippen LogP contribution in [0, 0.1) is 5.41 Å². The zero-order valence-electron chi connectivity index (χ0n) is 21.2. The molecular formula is C32H29N3O2S. The van der Waals surface area contributed by atoms with Gasteiger partial charge in [0, 0.05) is 42.7 Å². The summed E-state index contributed by atoms with van der Waals surface area (Å²) in [6.45, 7) is 3.98. The van der Waals surface area contributed by atoms with Gasteiger partial charge in [0.15, 0.2) is 5.13 Å². The maximum absolute atomic E-state index is 13.7. The highest BCUT2D eigenvalue weighted by atomic mass is 32.1. The first-order chi connectivity index (χ1) is 18.5. The van der Waals surface area contributed by atoms with Gasteiger partial charge in [-0.05, 0) is 41.0 Å². The van der Waals surface area contributed by atoms with Gasteiger partial charge in [0.1, 0.15) is 11.5 Å². The molecule has 0 radical (unpaired) electrons. The number of pyridine rings is 1. The average Bonchev–Trinajstić information content (AvgIpc) is 3.38. The van der Waals surface area contributed by atoms with Crippen LogP contribution in [0.5, 0.6) is 11.5 Å². The highest BCUT2D eigenvalue weighted by Crippen LogP contribution is 2.52. The lowest BCUT2D eigenvalue weighted by atomic mass is 9.69. The smallest absolute Gasteiger partial charge is 0.232 e. The number of thiazole rings is 1. The lowest BCUT2D eigenvalue weighted by molar-refractivity contribution is -0.124. The van der Waals surface area contributed by atoms with Gasteiger partial charge in [-0.25, -0.2) is 4.98 Å². The average molecular weight is 520 g/mol. The van der Waals surface area contributed by atoms with E-state index in [0.717, 1.165) is 39.4 Å². The number of fused-ring (bicyclic) bond motifs is 2. The summed E-state index contributed by atoms with van der Waals surface area (Å²) in [5.74, 6) is 1.37. The van der Waals surface area contributed by atoms with Gasteiger partial charge in [-0.15, -0.1) is 11.3 Å². The molecule has 5 nitrogen and oxygen atoms in total. The Bertz CT molecular complexity index is 1550. The number of nitrogens with zero attached hydrogens (tertiary/aromatic N) is 2. The second-order valence-corrected chi connectivity index (χ2v) is 10.9. The number of hydrogen-bond acceptors (Lipinski definition) is 5. The van der Waals surface area contributed by atoms with Crippen LogP contribution in [-0.4, -0.2) is 15.9 Å². The lowest BCUT2D eigenvalue weighted by Crippen LogP contribution is -2.38. The van der Waals surface area contributed by atoms with Gasteiger partial charge < -0.3 is 10.1 Å². The van der Waals surface area contributed by atoms with Crippen molar-refractivity contribution in [3.05, 3.63) is 125 Å². The fourth-order valence-corrected chi connectivity index (χ4v) is 5.80. The molecule has 1 N–H and O–H groups in total. The highest BCUT2D eigenvalue weighted by Gasteiger charge is 2.43. The molecule has 1 amide bonds. The molecule has 0 unspecified atom stereocenters. The number of benzene rings is 3. The molecule has 0 spiro atoms. The van der Waals surface area contributed by atoms with Crippen LogP contribution in [-0.2, 0) is 11.2 Å². The predicted octanol–water partition coefficient (Wildman–Crippen LogP) is 7.94. The Morgan fingerprint density at radius 1 is 0.895 bits per heavy atom. The van der Waals surface area contributed by atoms with Crippen LogP contribution in [0.25, 0.3) is 11.1 Å². The number of amides is 1. The molecule has 1 aliphatic rings. The van der Waals surface area contributed by atoms with Crippen molar-refractivity contribution in [3.8, 4) is 22.6 Å². The van der Waals surface area contributed by atoms with Gasteiger partial charge in [-0.1, -0.05) is 74.5 Å². The molecule has 5 aromatic rings. The van der Waals surface area contributed by atoms with E-state index in [1.807, 2.05) is 79.9 Å². The molecule has 6 heteroatoms. The summed E-state index contributed by atoms with van der Waals surface area (Å²) in [6.07, 6.45) is 4.30. The van der Waals surface area contributed by atoms with Crippen molar-refractivity contribution in [1.29, 1.82) is 0 Å². The number of hydrogen-bond donors (Lipinski definition) is 1. The SMILES string of the molecule is CC(C)(C(=O)Nc1nc(Cc2ccc(-c3ccncc3)cc2)cs1)C1c2ccccc2Oc2ccccc21.[HH]. The number of para-hydroxylation sites is 2. The first-order valence-corrected chi connectivity index (χ1v) is 13.5. The van der Waals surface area contributed by atoms with Crippen molar-refractivity contribution in [2.75, 3.05) is 5.32 Å². The first-order valence-electron chi connectivity index (χ1n) is 12.6. The highest BCUT2D eigenvalue weighted by molar-refractivity contribution is 7.13. The van der Waals surface area contributed by atoms with E-state index in [4.69, 9.17) is 9.72 Å². The summed E-state index contributed by atoms with van der Waals surface area (Å²) >= 11 is 1.46. The zero-order valence-corrected chi connectivity index (χ0v) is 22.0. The lowest BCUT2D eigenvalue weighted by Gasteiger charge is -2.38. The Morgan fingerprint density at radius 3 is 2.16 bits per heavy atom. The second kappa shape index (κ2) is 9.88. The molecule has 38 heavy (non-hydrogen) atoms. The second-order valence-electron chi connectivity index (χ2n) is 10.0. The van der Waals surface area contributed by atoms with E-state index in [9.17, 15) is 4.79 Å². The maximum atomic E-state index is 13.7. The number of rotatable bonds is 6.